The number of amides is 1. The zero-order chi connectivity index (χ0) is 11.4. The topological polar surface area (TPSA) is 43.1 Å². The summed E-state index contributed by atoms with van der Waals surface area (Å²) in [7, 11) is 0. The number of carbonyl (C=O) groups excluding carboxylic acids is 1. The highest BCUT2D eigenvalue weighted by Gasteiger charge is 2.17. The van der Waals surface area contributed by atoms with Crippen molar-refractivity contribution >= 4 is 17.2 Å². The highest BCUT2D eigenvalue weighted by atomic mass is 32.1. The van der Waals surface area contributed by atoms with Gasteiger partial charge in [0.05, 0.1) is 0 Å². The van der Waals surface area contributed by atoms with Crippen LogP contribution >= 0.6 is 11.3 Å². The molecule has 0 saturated carbocycles. The van der Waals surface area contributed by atoms with Gasteiger partial charge in [-0.2, -0.15) is 0 Å². The Hall–Kier alpha value is -1.61. The molecular formula is C13H13NOS. The Balaban J connectivity index is 2.32. The van der Waals surface area contributed by atoms with Crippen molar-refractivity contribution in [2.24, 2.45) is 5.73 Å². The second-order valence-electron chi connectivity index (χ2n) is 3.65. The number of rotatable bonds is 4. The molecular weight excluding hydrogens is 218 g/mol. The van der Waals surface area contributed by atoms with Crippen molar-refractivity contribution in [3.8, 4) is 0 Å². The van der Waals surface area contributed by atoms with E-state index in [9.17, 15) is 4.79 Å². The van der Waals surface area contributed by atoms with Gasteiger partial charge in [0, 0.05) is 17.2 Å². The normalized spacial score (nSPS) is 12.2. The standard InChI is InChI=1S/C13H13NOS/c14-13(15)9-11(12-7-4-8-16-12)10-5-2-1-3-6-10/h1-8,11H,9H2,(H2,14,15). The molecule has 0 aliphatic heterocycles. The smallest absolute Gasteiger partial charge is 0.218 e. The third-order valence-corrected chi connectivity index (χ3v) is 3.48. The highest BCUT2D eigenvalue weighted by Crippen LogP contribution is 2.30. The monoisotopic (exact) mass is 231 g/mol. The maximum atomic E-state index is 11.1. The molecule has 1 aromatic carbocycles. The van der Waals surface area contributed by atoms with E-state index in [2.05, 4.69) is 0 Å². The summed E-state index contributed by atoms with van der Waals surface area (Å²) >= 11 is 1.66. The number of nitrogens with two attached hydrogens (primary N) is 1. The van der Waals surface area contributed by atoms with Gasteiger partial charge in [0.15, 0.2) is 0 Å². The van der Waals surface area contributed by atoms with Crippen molar-refractivity contribution in [2.45, 2.75) is 12.3 Å². The van der Waals surface area contributed by atoms with Crippen LogP contribution in [0.4, 0.5) is 0 Å². The van der Waals surface area contributed by atoms with Crippen molar-refractivity contribution in [1.29, 1.82) is 0 Å². The predicted molar refractivity (Wildman–Crippen MR) is 66.4 cm³/mol. The molecule has 0 bridgehead atoms. The molecule has 1 amide bonds. The number of carbonyl (C=O) groups is 1. The lowest BCUT2D eigenvalue weighted by Gasteiger charge is -2.13. The molecule has 1 aromatic heterocycles. The van der Waals surface area contributed by atoms with E-state index in [4.69, 9.17) is 5.73 Å². The third kappa shape index (κ3) is 2.49. The molecule has 0 spiro atoms. The molecule has 0 aliphatic carbocycles. The number of benzene rings is 1. The summed E-state index contributed by atoms with van der Waals surface area (Å²) in [6.45, 7) is 0. The molecule has 1 unspecified atom stereocenters. The van der Waals surface area contributed by atoms with Gasteiger partial charge in [-0.1, -0.05) is 36.4 Å². The van der Waals surface area contributed by atoms with E-state index in [1.54, 1.807) is 11.3 Å². The fraction of sp³-hybridized carbons (Fsp3) is 0.154. The summed E-state index contributed by atoms with van der Waals surface area (Å²) in [5.41, 5.74) is 6.44. The van der Waals surface area contributed by atoms with Crippen LogP contribution in [0.5, 0.6) is 0 Å². The minimum atomic E-state index is -0.262. The van der Waals surface area contributed by atoms with Crippen LogP contribution in [0.3, 0.4) is 0 Å². The predicted octanol–water partition coefficient (Wildman–Crippen LogP) is 2.76. The molecule has 0 fully saturated rings. The molecule has 2 rings (SSSR count). The van der Waals surface area contributed by atoms with Crippen LogP contribution in [0.1, 0.15) is 22.8 Å². The number of hydrogen-bond donors (Lipinski definition) is 1. The fourth-order valence-electron chi connectivity index (χ4n) is 1.76. The van der Waals surface area contributed by atoms with Gasteiger partial charge >= 0.3 is 0 Å². The molecule has 2 aromatic rings. The molecule has 3 heteroatoms. The number of hydrogen-bond acceptors (Lipinski definition) is 2. The van der Waals surface area contributed by atoms with Crippen molar-refractivity contribution in [1.82, 2.24) is 0 Å². The first-order valence-electron chi connectivity index (χ1n) is 5.14. The van der Waals surface area contributed by atoms with Crippen LogP contribution in [-0.4, -0.2) is 5.91 Å². The van der Waals surface area contributed by atoms with Crippen LogP contribution in [0.2, 0.25) is 0 Å². The summed E-state index contributed by atoms with van der Waals surface area (Å²) in [5, 5.41) is 2.02. The van der Waals surface area contributed by atoms with Gasteiger partial charge in [-0.15, -0.1) is 11.3 Å². The maximum absolute atomic E-state index is 11.1. The van der Waals surface area contributed by atoms with Crippen molar-refractivity contribution < 1.29 is 4.79 Å². The number of primary amides is 1. The van der Waals surface area contributed by atoms with E-state index >= 15 is 0 Å². The van der Waals surface area contributed by atoms with Gasteiger partial charge in [0.2, 0.25) is 5.91 Å². The summed E-state index contributed by atoms with van der Waals surface area (Å²) in [5.74, 6) is -0.166. The largest absolute Gasteiger partial charge is 0.370 e. The van der Waals surface area contributed by atoms with E-state index in [1.165, 1.54) is 4.88 Å². The van der Waals surface area contributed by atoms with E-state index in [0.29, 0.717) is 6.42 Å². The Bertz CT molecular complexity index is 450. The summed E-state index contributed by atoms with van der Waals surface area (Å²) in [4.78, 5) is 12.3. The fourth-order valence-corrected chi connectivity index (χ4v) is 2.61. The van der Waals surface area contributed by atoms with Crippen LogP contribution in [0.25, 0.3) is 0 Å². The average molecular weight is 231 g/mol. The molecule has 0 radical (unpaired) electrons. The zero-order valence-corrected chi connectivity index (χ0v) is 9.61. The van der Waals surface area contributed by atoms with Gasteiger partial charge in [-0.3, -0.25) is 4.79 Å². The Morgan fingerprint density at radius 3 is 2.50 bits per heavy atom. The Labute approximate surface area is 98.7 Å². The highest BCUT2D eigenvalue weighted by molar-refractivity contribution is 7.10. The van der Waals surface area contributed by atoms with Crippen molar-refractivity contribution in [2.75, 3.05) is 0 Å². The minimum Gasteiger partial charge on any atom is -0.370 e. The van der Waals surface area contributed by atoms with Crippen molar-refractivity contribution in [3.05, 3.63) is 58.3 Å². The first-order chi connectivity index (χ1) is 7.77. The lowest BCUT2D eigenvalue weighted by Crippen LogP contribution is -2.15. The van der Waals surface area contributed by atoms with Gasteiger partial charge in [-0.05, 0) is 17.0 Å². The van der Waals surface area contributed by atoms with Crippen LogP contribution in [0.15, 0.2) is 47.8 Å². The lowest BCUT2D eigenvalue weighted by molar-refractivity contribution is -0.118. The first-order valence-corrected chi connectivity index (χ1v) is 6.02. The van der Waals surface area contributed by atoms with E-state index in [-0.39, 0.29) is 11.8 Å². The Morgan fingerprint density at radius 1 is 1.19 bits per heavy atom. The van der Waals surface area contributed by atoms with Gasteiger partial charge in [0.25, 0.3) is 0 Å². The molecule has 2 N–H and O–H groups in total. The second-order valence-corrected chi connectivity index (χ2v) is 4.63. The van der Waals surface area contributed by atoms with Gasteiger partial charge in [-0.25, -0.2) is 0 Å². The van der Waals surface area contributed by atoms with E-state index < -0.39 is 0 Å². The summed E-state index contributed by atoms with van der Waals surface area (Å²) in [6, 6.07) is 14.1. The third-order valence-electron chi connectivity index (χ3n) is 2.49. The zero-order valence-electron chi connectivity index (χ0n) is 8.80. The molecule has 1 heterocycles. The second kappa shape index (κ2) is 4.94. The first kappa shape index (κ1) is 10.9. The molecule has 16 heavy (non-hydrogen) atoms. The number of thiophene rings is 1. The minimum absolute atomic E-state index is 0.0960. The maximum Gasteiger partial charge on any atom is 0.218 e. The molecule has 0 saturated heterocycles. The van der Waals surface area contributed by atoms with Crippen LogP contribution < -0.4 is 5.73 Å². The van der Waals surface area contributed by atoms with Crippen LogP contribution in [-0.2, 0) is 4.79 Å². The molecule has 82 valence electrons. The molecule has 0 aliphatic rings. The SMILES string of the molecule is NC(=O)CC(c1ccccc1)c1cccs1. The lowest BCUT2D eigenvalue weighted by atomic mass is 9.94. The average Bonchev–Trinajstić information content (AvgIpc) is 2.80. The van der Waals surface area contributed by atoms with Gasteiger partial charge < -0.3 is 5.73 Å². The molecule has 1 atom stereocenters. The molecule has 2 nitrogen and oxygen atoms in total. The van der Waals surface area contributed by atoms with Crippen molar-refractivity contribution in [3.63, 3.8) is 0 Å². The quantitative estimate of drug-likeness (QED) is 0.863. The van der Waals surface area contributed by atoms with E-state index in [1.807, 2.05) is 47.8 Å². The summed E-state index contributed by atoms with van der Waals surface area (Å²) in [6.07, 6.45) is 0.366. The van der Waals surface area contributed by atoms with E-state index in [0.717, 1.165) is 5.56 Å². The Kier molecular flexibility index (Phi) is 3.37. The van der Waals surface area contributed by atoms with Crippen LogP contribution in [0, 0.1) is 0 Å². The van der Waals surface area contributed by atoms with Gasteiger partial charge in [0.1, 0.15) is 0 Å². The Morgan fingerprint density at radius 2 is 1.94 bits per heavy atom. The summed E-state index contributed by atoms with van der Waals surface area (Å²) < 4.78 is 0.